The van der Waals surface area contributed by atoms with Crippen molar-refractivity contribution < 1.29 is 19.1 Å². The van der Waals surface area contributed by atoms with Gasteiger partial charge in [0.2, 0.25) is 0 Å². The van der Waals surface area contributed by atoms with E-state index in [-0.39, 0.29) is 12.1 Å². The van der Waals surface area contributed by atoms with Gasteiger partial charge in [0.15, 0.2) is 0 Å². The van der Waals surface area contributed by atoms with Crippen molar-refractivity contribution in [3.63, 3.8) is 0 Å². The number of alkyl carbamates (subject to hydrolysis) is 1. The zero-order valence-corrected chi connectivity index (χ0v) is 22.8. The number of carbonyl (C=O) groups is 2. The van der Waals surface area contributed by atoms with Gasteiger partial charge >= 0.3 is 12.1 Å². The van der Waals surface area contributed by atoms with Crippen LogP contribution < -0.4 is 5.32 Å². The van der Waals surface area contributed by atoms with Crippen molar-refractivity contribution in [3.05, 3.63) is 82.7 Å². The smallest absolute Gasteiger partial charge is 0.407 e. The maximum absolute atomic E-state index is 13.5. The fourth-order valence-corrected chi connectivity index (χ4v) is 5.36. The Morgan fingerprint density at radius 3 is 2.41 bits per heavy atom. The van der Waals surface area contributed by atoms with E-state index in [1.165, 1.54) is 0 Å². The van der Waals surface area contributed by atoms with Crippen molar-refractivity contribution in [2.24, 2.45) is 0 Å². The van der Waals surface area contributed by atoms with Crippen molar-refractivity contribution in [2.45, 2.75) is 57.8 Å². The monoisotopic (exact) mass is 520 g/mol. The number of carbonyl (C=O) groups excluding carboxylic acids is 2. The van der Waals surface area contributed by atoms with Crippen LogP contribution in [-0.2, 0) is 20.8 Å². The van der Waals surface area contributed by atoms with Crippen LogP contribution in [0.4, 0.5) is 4.79 Å². The van der Waals surface area contributed by atoms with Crippen molar-refractivity contribution in [1.29, 1.82) is 0 Å². The third kappa shape index (κ3) is 7.66. The quantitative estimate of drug-likeness (QED) is 0.375. The van der Waals surface area contributed by atoms with E-state index in [0.717, 1.165) is 52.4 Å². The number of thiophene rings is 1. The van der Waals surface area contributed by atoms with E-state index < -0.39 is 17.6 Å². The third-order valence-electron chi connectivity index (χ3n) is 6.29. The normalized spacial score (nSPS) is 15.7. The summed E-state index contributed by atoms with van der Waals surface area (Å²) in [6, 6.07) is 22.0. The summed E-state index contributed by atoms with van der Waals surface area (Å²) in [5, 5.41) is 2.81. The standard InChI is InChI=1S/C30H36N2O4S/c1-30(2,3)36-29(34)31-20-25-13-14-26(37-25)22-11-8-12-23(19-22)27(21-9-6-5-7-10-21)28(33)35-24-15-17-32(4)18-16-24/h5-14,19,24,27H,15-18,20H2,1-4H3,(H,31,34). The lowest BCUT2D eigenvalue weighted by atomic mass is 9.90. The summed E-state index contributed by atoms with van der Waals surface area (Å²) in [7, 11) is 2.10. The van der Waals surface area contributed by atoms with Crippen LogP contribution in [0, 0.1) is 0 Å². The predicted molar refractivity (Wildman–Crippen MR) is 148 cm³/mol. The number of esters is 1. The molecule has 1 fully saturated rings. The molecule has 1 unspecified atom stereocenters. The van der Waals surface area contributed by atoms with Gasteiger partial charge in [0.25, 0.3) is 0 Å². The zero-order chi connectivity index (χ0) is 26.4. The first-order chi connectivity index (χ1) is 17.7. The molecular formula is C30H36N2O4S. The molecule has 1 N–H and O–H groups in total. The minimum atomic E-state index is -0.533. The fourth-order valence-electron chi connectivity index (χ4n) is 4.42. The van der Waals surface area contributed by atoms with Gasteiger partial charge in [-0.3, -0.25) is 4.79 Å². The second-order valence-electron chi connectivity index (χ2n) is 10.5. The van der Waals surface area contributed by atoms with Crippen molar-refractivity contribution in [1.82, 2.24) is 10.2 Å². The van der Waals surface area contributed by atoms with Crippen LogP contribution in [0.15, 0.2) is 66.7 Å². The van der Waals surface area contributed by atoms with E-state index in [9.17, 15) is 9.59 Å². The van der Waals surface area contributed by atoms with Crippen LogP contribution in [0.1, 0.15) is 55.5 Å². The van der Waals surface area contributed by atoms with Gasteiger partial charge in [-0.15, -0.1) is 11.3 Å². The molecule has 0 radical (unpaired) electrons. The molecule has 1 aliphatic heterocycles. The number of ether oxygens (including phenoxy) is 2. The Morgan fingerprint density at radius 1 is 1.00 bits per heavy atom. The lowest BCUT2D eigenvalue weighted by Gasteiger charge is -2.30. The summed E-state index contributed by atoms with van der Waals surface area (Å²) in [6.07, 6.45) is 1.24. The Hall–Kier alpha value is -3.16. The van der Waals surface area contributed by atoms with Crippen LogP contribution in [0.5, 0.6) is 0 Å². The average molecular weight is 521 g/mol. The number of benzene rings is 2. The molecule has 1 aliphatic rings. The molecule has 6 nitrogen and oxygen atoms in total. The molecule has 0 saturated carbocycles. The second-order valence-corrected chi connectivity index (χ2v) is 11.7. The molecule has 1 atom stereocenters. The predicted octanol–water partition coefficient (Wildman–Crippen LogP) is 6.21. The summed E-state index contributed by atoms with van der Waals surface area (Å²) in [5.41, 5.74) is 2.32. The Balaban J connectivity index is 1.51. The molecule has 37 heavy (non-hydrogen) atoms. The summed E-state index contributed by atoms with van der Waals surface area (Å²) >= 11 is 1.61. The molecular weight excluding hydrogens is 484 g/mol. The largest absolute Gasteiger partial charge is 0.462 e. The van der Waals surface area contributed by atoms with Gasteiger partial charge in [-0.05, 0) is 75.5 Å². The maximum atomic E-state index is 13.5. The minimum absolute atomic E-state index is 0.0459. The zero-order valence-electron chi connectivity index (χ0n) is 22.0. The fraction of sp³-hybridized carbons (Fsp3) is 0.400. The van der Waals surface area contributed by atoms with E-state index in [1.807, 2.05) is 81.4 Å². The summed E-state index contributed by atoms with van der Waals surface area (Å²) < 4.78 is 11.4. The van der Waals surface area contributed by atoms with Crippen LogP contribution >= 0.6 is 11.3 Å². The SMILES string of the molecule is CN1CCC(OC(=O)C(c2ccccc2)c2cccc(-c3ccc(CNC(=O)OC(C)(C)C)s3)c2)CC1. The van der Waals surface area contributed by atoms with Gasteiger partial charge < -0.3 is 19.7 Å². The third-order valence-corrected chi connectivity index (χ3v) is 7.42. The molecule has 0 aliphatic carbocycles. The topological polar surface area (TPSA) is 67.9 Å². The number of piperidine rings is 1. The maximum Gasteiger partial charge on any atom is 0.407 e. The number of likely N-dealkylation sites (tertiary alicyclic amines) is 1. The van der Waals surface area contributed by atoms with E-state index in [2.05, 4.69) is 23.3 Å². The van der Waals surface area contributed by atoms with Crippen molar-refractivity contribution >= 4 is 23.4 Å². The molecule has 2 aromatic carbocycles. The lowest BCUT2D eigenvalue weighted by Crippen LogP contribution is -2.36. The van der Waals surface area contributed by atoms with Gasteiger partial charge in [-0.25, -0.2) is 4.79 Å². The molecule has 0 bridgehead atoms. The molecule has 1 amide bonds. The van der Waals surface area contributed by atoms with Gasteiger partial charge in [-0.1, -0.05) is 48.5 Å². The van der Waals surface area contributed by atoms with Crippen LogP contribution in [0.25, 0.3) is 10.4 Å². The van der Waals surface area contributed by atoms with Gasteiger partial charge in [0.1, 0.15) is 17.6 Å². The number of hydrogen-bond acceptors (Lipinski definition) is 6. The molecule has 0 spiro atoms. The van der Waals surface area contributed by atoms with E-state index in [4.69, 9.17) is 9.47 Å². The van der Waals surface area contributed by atoms with E-state index in [1.54, 1.807) is 11.3 Å². The first kappa shape index (κ1) is 26.9. The molecule has 4 rings (SSSR count). The molecule has 1 aromatic heterocycles. The minimum Gasteiger partial charge on any atom is -0.462 e. The van der Waals surface area contributed by atoms with Crippen LogP contribution in [0.3, 0.4) is 0 Å². The van der Waals surface area contributed by atoms with E-state index >= 15 is 0 Å². The highest BCUT2D eigenvalue weighted by atomic mass is 32.1. The summed E-state index contributed by atoms with van der Waals surface area (Å²) in [4.78, 5) is 29.9. The second kappa shape index (κ2) is 11.9. The highest BCUT2D eigenvalue weighted by Gasteiger charge is 2.28. The Bertz CT molecular complexity index is 1190. The first-order valence-electron chi connectivity index (χ1n) is 12.8. The Morgan fingerprint density at radius 2 is 1.70 bits per heavy atom. The lowest BCUT2D eigenvalue weighted by molar-refractivity contribution is -0.151. The van der Waals surface area contributed by atoms with Gasteiger partial charge in [-0.2, -0.15) is 0 Å². The van der Waals surface area contributed by atoms with Crippen molar-refractivity contribution in [3.8, 4) is 10.4 Å². The average Bonchev–Trinajstić information content (AvgIpc) is 3.34. The van der Waals surface area contributed by atoms with Gasteiger partial charge in [0, 0.05) is 22.8 Å². The molecule has 196 valence electrons. The number of rotatable bonds is 7. The van der Waals surface area contributed by atoms with Gasteiger partial charge in [0.05, 0.1) is 6.54 Å². The Labute approximate surface area is 223 Å². The summed E-state index contributed by atoms with van der Waals surface area (Å²) in [5.74, 6) is -0.694. The number of amides is 1. The van der Waals surface area contributed by atoms with Crippen LogP contribution in [-0.4, -0.2) is 48.8 Å². The summed E-state index contributed by atoms with van der Waals surface area (Å²) in [6.45, 7) is 7.80. The first-order valence-corrected chi connectivity index (χ1v) is 13.6. The van der Waals surface area contributed by atoms with E-state index in [0.29, 0.717) is 6.54 Å². The number of nitrogens with one attached hydrogen (secondary N) is 1. The molecule has 1 saturated heterocycles. The molecule has 3 aromatic rings. The van der Waals surface area contributed by atoms with Crippen molar-refractivity contribution in [2.75, 3.05) is 20.1 Å². The molecule has 2 heterocycles. The Kier molecular flexibility index (Phi) is 8.67. The number of hydrogen-bond donors (Lipinski definition) is 1. The highest BCUT2D eigenvalue weighted by Crippen LogP contribution is 2.33. The highest BCUT2D eigenvalue weighted by molar-refractivity contribution is 7.15. The number of nitrogens with zero attached hydrogens (tertiary/aromatic N) is 1. The van der Waals surface area contributed by atoms with Crippen LogP contribution in [0.2, 0.25) is 0 Å². The molecule has 7 heteroatoms.